The summed E-state index contributed by atoms with van der Waals surface area (Å²) < 4.78 is 36.3. The Morgan fingerprint density at radius 3 is 2.15 bits per heavy atom. The van der Waals surface area contributed by atoms with Gasteiger partial charge in [0.2, 0.25) is 15.9 Å². The van der Waals surface area contributed by atoms with E-state index in [4.69, 9.17) is 4.74 Å². The summed E-state index contributed by atoms with van der Waals surface area (Å²) in [6, 6.07) is 12.3. The van der Waals surface area contributed by atoms with E-state index >= 15 is 0 Å². The molecular formula is C22H25N3O7S. The van der Waals surface area contributed by atoms with Crippen LogP contribution in [0.5, 0.6) is 0 Å². The van der Waals surface area contributed by atoms with Crippen LogP contribution in [0.25, 0.3) is 0 Å². The lowest BCUT2D eigenvalue weighted by atomic mass is 10.1. The quantitative estimate of drug-likeness (QED) is 0.593. The number of anilines is 1. The number of carbonyl (C=O) groups excluding carboxylic acids is 3. The molecular weight excluding hydrogens is 450 g/mol. The van der Waals surface area contributed by atoms with E-state index in [1.54, 1.807) is 30.3 Å². The molecule has 176 valence electrons. The minimum Gasteiger partial charge on any atom is -0.465 e. The third-order valence-corrected chi connectivity index (χ3v) is 7.11. The van der Waals surface area contributed by atoms with Crippen molar-refractivity contribution in [1.29, 1.82) is 0 Å². The normalized spacial score (nSPS) is 15.0. The molecule has 1 aliphatic heterocycles. The zero-order valence-corrected chi connectivity index (χ0v) is 19.1. The summed E-state index contributed by atoms with van der Waals surface area (Å²) in [4.78, 5) is 38.5. The number of nitrogens with zero attached hydrogens (tertiary/aromatic N) is 2. The minimum absolute atomic E-state index is 0.0116. The summed E-state index contributed by atoms with van der Waals surface area (Å²) in [5, 5.41) is 2.64. The zero-order valence-electron chi connectivity index (χ0n) is 18.3. The molecule has 0 atom stereocenters. The van der Waals surface area contributed by atoms with Crippen LogP contribution in [0.2, 0.25) is 0 Å². The number of ether oxygens (including phenoxy) is 2. The van der Waals surface area contributed by atoms with Gasteiger partial charge in [0.05, 0.1) is 42.5 Å². The Labute approximate surface area is 192 Å². The zero-order chi connectivity index (χ0) is 24.0. The second kappa shape index (κ2) is 10.6. The van der Waals surface area contributed by atoms with Crippen LogP contribution in [0.1, 0.15) is 20.7 Å². The van der Waals surface area contributed by atoms with Gasteiger partial charge < -0.3 is 14.8 Å². The van der Waals surface area contributed by atoms with E-state index in [2.05, 4.69) is 10.1 Å². The molecule has 1 fully saturated rings. The van der Waals surface area contributed by atoms with Crippen LogP contribution in [0.15, 0.2) is 53.4 Å². The molecule has 2 aromatic rings. The van der Waals surface area contributed by atoms with Gasteiger partial charge in [-0.3, -0.25) is 9.69 Å². The van der Waals surface area contributed by atoms with E-state index < -0.39 is 27.9 Å². The lowest BCUT2D eigenvalue weighted by Crippen LogP contribution is -2.50. The lowest BCUT2D eigenvalue weighted by molar-refractivity contribution is -0.117. The molecule has 0 bridgehead atoms. The molecule has 2 aromatic carbocycles. The van der Waals surface area contributed by atoms with Gasteiger partial charge in [-0.25, -0.2) is 18.0 Å². The number of rotatable bonds is 7. The van der Waals surface area contributed by atoms with Crippen molar-refractivity contribution in [2.75, 3.05) is 52.3 Å². The summed E-state index contributed by atoms with van der Waals surface area (Å²) in [6.45, 7) is 1.21. The minimum atomic E-state index is -3.59. The first-order chi connectivity index (χ1) is 15.8. The number of methoxy groups -OCH3 is 2. The lowest BCUT2D eigenvalue weighted by Gasteiger charge is -2.33. The molecule has 1 saturated heterocycles. The highest BCUT2D eigenvalue weighted by Crippen LogP contribution is 2.21. The Morgan fingerprint density at radius 1 is 0.909 bits per heavy atom. The molecule has 33 heavy (non-hydrogen) atoms. The molecule has 0 unspecified atom stereocenters. The van der Waals surface area contributed by atoms with Gasteiger partial charge in [-0.05, 0) is 30.3 Å². The number of nitrogens with one attached hydrogen (secondary N) is 1. The fourth-order valence-corrected chi connectivity index (χ4v) is 4.89. The Bertz CT molecular complexity index is 1130. The summed E-state index contributed by atoms with van der Waals surface area (Å²) in [5.74, 6) is -1.69. The molecule has 3 rings (SSSR count). The van der Waals surface area contributed by atoms with Crippen molar-refractivity contribution in [3.05, 3.63) is 59.7 Å². The first-order valence-electron chi connectivity index (χ1n) is 10.1. The molecule has 1 heterocycles. The highest BCUT2D eigenvalue weighted by atomic mass is 32.2. The van der Waals surface area contributed by atoms with Crippen LogP contribution >= 0.6 is 0 Å². The van der Waals surface area contributed by atoms with Gasteiger partial charge in [0.15, 0.2) is 0 Å². The number of piperazine rings is 1. The van der Waals surface area contributed by atoms with Gasteiger partial charge in [-0.15, -0.1) is 0 Å². The van der Waals surface area contributed by atoms with Crippen LogP contribution in [-0.2, 0) is 24.3 Å². The molecule has 0 aromatic heterocycles. The monoisotopic (exact) mass is 475 g/mol. The molecule has 0 saturated carbocycles. The maximum absolute atomic E-state index is 12.7. The summed E-state index contributed by atoms with van der Waals surface area (Å²) in [5.41, 5.74) is 0.387. The van der Waals surface area contributed by atoms with Crippen LogP contribution in [-0.4, -0.2) is 82.4 Å². The van der Waals surface area contributed by atoms with Crippen molar-refractivity contribution in [3.8, 4) is 0 Å². The van der Waals surface area contributed by atoms with Crippen molar-refractivity contribution >= 4 is 33.6 Å². The van der Waals surface area contributed by atoms with Crippen LogP contribution in [0.3, 0.4) is 0 Å². The van der Waals surface area contributed by atoms with Crippen molar-refractivity contribution < 1.29 is 32.3 Å². The Kier molecular flexibility index (Phi) is 7.79. The molecule has 0 aliphatic carbocycles. The van der Waals surface area contributed by atoms with Gasteiger partial charge in [-0.1, -0.05) is 18.2 Å². The SMILES string of the molecule is COC(=O)c1ccc(C(=O)OC)c(NC(=O)CN2CCN(S(=O)(=O)c3ccccc3)CC2)c1. The number of esters is 2. The number of hydrogen-bond acceptors (Lipinski definition) is 8. The third-order valence-electron chi connectivity index (χ3n) is 5.20. The van der Waals surface area contributed by atoms with Gasteiger partial charge in [0.1, 0.15) is 0 Å². The molecule has 1 aliphatic rings. The number of carbonyl (C=O) groups is 3. The van der Waals surface area contributed by atoms with E-state index in [-0.39, 0.29) is 41.3 Å². The standard InChI is InChI=1S/C22H25N3O7S/c1-31-21(27)16-8-9-18(22(28)32-2)19(14-16)23-20(26)15-24-10-12-25(13-11-24)33(29,30)17-6-4-3-5-7-17/h3-9,14H,10-13,15H2,1-2H3,(H,23,26). The van der Waals surface area contributed by atoms with Gasteiger partial charge in [0, 0.05) is 26.2 Å². The highest BCUT2D eigenvalue weighted by molar-refractivity contribution is 7.89. The van der Waals surface area contributed by atoms with Crippen molar-refractivity contribution in [3.63, 3.8) is 0 Å². The van der Waals surface area contributed by atoms with Crippen LogP contribution < -0.4 is 5.32 Å². The van der Waals surface area contributed by atoms with Crippen LogP contribution in [0.4, 0.5) is 5.69 Å². The molecule has 1 amide bonds. The predicted molar refractivity (Wildman–Crippen MR) is 119 cm³/mol. The first-order valence-corrected chi connectivity index (χ1v) is 11.6. The topological polar surface area (TPSA) is 122 Å². The van der Waals surface area contributed by atoms with Crippen molar-refractivity contribution in [2.24, 2.45) is 0 Å². The number of benzene rings is 2. The van der Waals surface area contributed by atoms with Crippen LogP contribution in [0, 0.1) is 0 Å². The highest BCUT2D eigenvalue weighted by Gasteiger charge is 2.29. The molecule has 1 N–H and O–H groups in total. The second-order valence-electron chi connectivity index (χ2n) is 7.28. The molecule has 0 spiro atoms. The van der Waals surface area contributed by atoms with Crippen molar-refractivity contribution in [1.82, 2.24) is 9.21 Å². The summed E-state index contributed by atoms with van der Waals surface area (Å²) in [7, 11) is -1.14. The van der Waals surface area contributed by atoms with E-state index in [0.717, 1.165) is 0 Å². The number of hydrogen-bond donors (Lipinski definition) is 1. The average Bonchev–Trinajstić information content (AvgIpc) is 2.83. The Morgan fingerprint density at radius 2 is 1.55 bits per heavy atom. The molecule has 10 nitrogen and oxygen atoms in total. The van der Waals surface area contributed by atoms with Crippen molar-refractivity contribution in [2.45, 2.75) is 4.90 Å². The summed E-state index contributed by atoms with van der Waals surface area (Å²) >= 11 is 0. The summed E-state index contributed by atoms with van der Waals surface area (Å²) in [6.07, 6.45) is 0. The van der Waals surface area contributed by atoms with Gasteiger partial charge in [0.25, 0.3) is 0 Å². The van der Waals surface area contributed by atoms with E-state index in [9.17, 15) is 22.8 Å². The Balaban J connectivity index is 1.64. The maximum Gasteiger partial charge on any atom is 0.339 e. The average molecular weight is 476 g/mol. The largest absolute Gasteiger partial charge is 0.465 e. The maximum atomic E-state index is 12.7. The predicted octanol–water partition coefficient (Wildman–Crippen LogP) is 1.20. The number of sulfonamides is 1. The fraction of sp³-hybridized carbons (Fsp3) is 0.318. The van der Waals surface area contributed by atoms with Gasteiger partial charge in [-0.2, -0.15) is 4.31 Å². The van der Waals surface area contributed by atoms with E-state index in [0.29, 0.717) is 13.1 Å². The van der Waals surface area contributed by atoms with E-state index in [1.165, 1.54) is 36.7 Å². The second-order valence-corrected chi connectivity index (χ2v) is 9.22. The first kappa shape index (κ1) is 24.4. The number of amides is 1. The van der Waals surface area contributed by atoms with E-state index in [1.807, 2.05) is 4.90 Å². The smallest absolute Gasteiger partial charge is 0.339 e. The molecule has 0 radical (unpaired) electrons. The molecule has 11 heteroatoms. The Hall–Kier alpha value is -3.28. The van der Waals surface area contributed by atoms with Gasteiger partial charge >= 0.3 is 11.9 Å². The third kappa shape index (κ3) is 5.75. The fourth-order valence-electron chi connectivity index (χ4n) is 3.44.